The smallest absolute Gasteiger partial charge is 0.185 e. The van der Waals surface area contributed by atoms with Gasteiger partial charge in [0.2, 0.25) is 0 Å². The number of aliphatic hydroxyl groups is 1. The summed E-state index contributed by atoms with van der Waals surface area (Å²) in [5.41, 5.74) is 0. The van der Waals surface area contributed by atoms with Crippen LogP contribution in [0.1, 0.15) is 0 Å². The maximum Gasteiger partial charge on any atom is 0.185 e. The van der Waals surface area contributed by atoms with Gasteiger partial charge in [-0.2, -0.15) is 0 Å². The second-order valence-electron chi connectivity index (χ2n) is 3.01. The van der Waals surface area contributed by atoms with Crippen LogP contribution < -0.4 is 0 Å². The van der Waals surface area contributed by atoms with Crippen molar-refractivity contribution in [1.29, 1.82) is 0 Å². The van der Waals surface area contributed by atoms with E-state index in [-0.39, 0.29) is 6.29 Å². The molecule has 4 nitrogen and oxygen atoms in total. The van der Waals surface area contributed by atoms with Gasteiger partial charge in [0.15, 0.2) is 6.29 Å². The molecule has 11 heavy (non-hydrogen) atoms. The van der Waals surface area contributed by atoms with Gasteiger partial charge in [-0.25, -0.2) is 0 Å². The highest BCUT2D eigenvalue weighted by molar-refractivity contribution is 4.71. The van der Waals surface area contributed by atoms with E-state index in [1.165, 1.54) is 0 Å². The number of hydrogen-bond donors (Lipinski definition) is 1. The Morgan fingerprint density at radius 3 is 2.55 bits per heavy atom. The van der Waals surface area contributed by atoms with Crippen LogP contribution in [0.4, 0.5) is 0 Å². The topological polar surface area (TPSA) is 47.9 Å². The highest BCUT2D eigenvalue weighted by Gasteiger charge is 2.32. The summed E-state index contributed by atoms with van der Waals surface area (Å²) in [6.07, 6.45) is -0.799. The van der Waals surface area contributed by atoms with Crippen LogP contribution in [-0.2, 0) is 14.2 Å². The van der Waals surface area contributed by atoms with Gasteiger partial charge in [-0.3, -0.25) is 0 Å². The first kappa shape index (κ1) is 7.49. The van der Waals surface area contributed by atoms with E-state index in [1.54, 1.807) is 0 Å². The highest BCUT2D eigenvalue weighted by Crippen LogP contribution is 2.17. The minimum absolute atomic E-state index is 0.379. The molecule has 2 unspecified atom stereocenters. The molecule has 4 heteroatoms. The number of ether oxygens (including phenoxy) is 3. The normalized spacial score (nSPS) is 37.9. The fourth-order valence-electron chi connectivity index (χ4n) is 1.03. The molecule has 2 heterocycles. The maximum absolute atomic E-state index is 9.03. The molecule has 0 spiro atoms. The van der Waals surface area contributed by atoms with Crippen molar-refractivity contribution in [2.24, 2.45) is 5.92 Å². The SMILES string of the molecule is OC1COC1OCC1COC1. The summed E-state index contributed by atoms with van der Waals surface area (Å²) in [5.74, 6) is 0.506. The maximum atomic E-state index is 9.03. The second-order valence-corrected chi connectivity index (χ2v) is 3.01. The van der Waals surface area contributed by atoms with E-state index < -0.39 is 6.10 Å². The first-order valence-corrected chi connectivity index (χ1v) is 3.85. The van der Waals surface area contributed by atoms with Crippen LogP contribution in [0.2, 0.25) is 0 Å². The monoisotopic (exact) mass is 160 g/mol. The Morgan fingerprint density at radius 1 is 1.36 bits per heavy atom. The van der Waals surface area contributed by atoms with E-state index in [0.717, 1.165) is 13.2 Å². The molecule has 2 atom stereocenters. The summed E-state index contributed by atoms with van der Waals surface area (Å²) in [5, 5.41) is 9.03. The van der Waals surface area contributed by atoms with E-state index in [9.17, 15) is 0 Å². The van der Waals surface area contributed by atoms with E-state index >= 15 is 0 Å². The molecule has 0 saturated carbocycles. The lowest BCUT2D eigenvalue weighted by Crippen LogP contribution is -2.48. The molecular weight excluding hydrogens is 148 g/mol. The lowest BCUT2D eigenvalue weighted by Gasteiger charge is -2.35. The Bertz CT molecular complexity index is 134. The second kappa shape index (κ2) is 3.06. The van der Waals surface area contributed by atoms with E-state index in [4.69, 9.17) is 19.3 Å². The van der Waals surface area contributed by atoms with Crippen molar-refractivity contribution in [3.8, 4) is 0 Å². The molecule has 0 aliphatic carbocycles. The van der Waals surface area contributed by atoms with Crippen molar-refractivity contribution in [1.82, 2.24) is 0 Å². The van der Waals surface area contributed by atoms with Crippen molar-refractivity contribution >= 4 is 0 Å². The van der Waals surface area contributed by atoms with Crippen LogP contribution >= 0.6 is 0 Å². The molecule has 2 saturated heterocycles. The summed E-state index contributed by atoms with van der Waals surface area (Å²) >= 11 is 0. The molecule has 0 aromatic rings. The van der Waals surface area contributed by atoms with Gasteiger partial charge in [0.1, 0.15) is 6.10 Å². The number of hydrogen-bond acceptors (Lipinski definition) is 4. The lowest BCUT2D eigenvalue weighted by molar-refractivity contribution is -0.290. The first-order valence-electron chi connectivity index (χ1n) is 3.85. The third kappa shape index (κ3) is 1.54. The minimum Gasteiger partial charge on any atom is -0.385 e. The van der Waals surface area contributed by atoms with Crippen molar-refractivity contribution in [2.75, 3.05) is 26.4 Å². The van der Waals surface area contributed by atoms with Gasteiger partial charge in [-0.05, 0) is 0 Å². The molecule has 2 aliphatic rings. The van der Waals surface area contributed by atoms with Gasteiger partial charge in [0, 0.05) is 5.92 Å². The molecule has 0 aromatic carbocycles. The molecule has 64 valence electrons. The quantitative estimate of drug-likeness (QED) is 0.597. The van der Waals surface area contributed by atoms with Crippen LogP contribution in [0.15, 0.2) is 0 Å². The molecule has 0 bridgehead atoms. The Morgan fingerprint density at radius 2 is 2.18 bits per heavy atom. The summed E-state index contributed by atoms with van der Waals surface area (Å²) in [6, 6.07) is 0. The van der Waals surface area contributed by atoms with Gasteiger partial charge in [-0.1, -0.05) is 0 Å². The van der Waals surface area contributed by atoms with Crippen LogP contribution in [0.3, 0.4) is 0 Å². The molecule has 2 rings (SSSR count). The van der Waals surface area contributed by atoms with Gasteiger partial charge in [-0.15, -0.1) is 0 Å². The fourth-order valence-corrected chi connectivity index (χ4v) is 1.03. The van der Waals surface area contributed by atoms with Gasteiger partial charge >= 0.3 is 0 Å². The predicted octanol–water partition coefficient (Wildman–Crippen LogP) is -0.633. The van der Waals surface area contributed by atoms with Crippen LogP contribution in [-0.4, -0.2) is 43.9 Å². The average molecular weight is 160 g/mol. The van der Waals surface area contributed by atoms with Crippen molar-refractivity contribution < 1.29 is 19.3 Å². The van der Waals surface area contributed by atoms with Crippen molar-refractivity contribution in [2.45, 2.75) is 12.4 Å². The van der Waals surface area contributed by atoms with Gasteiger partial charge in [0.05, 0.1) is 26.4 Å². The fraction of sp³-hybridized carbons (Fsp3) is 1.00. The molecule has 0 aromatic heterocycles. The molecule has 2 fully saturated rings. The van der Waals surface area contributed by atoms with E-state index in [0.29, 0.717) is 19.1 Å². The molecule has 1 N–H and O–H groups in total. The zero-order chi connectivity index (χ0) is 7.68. The predicted molar refractivity (Wildman–Crippen MR) is 36.0 cm³/mol. The Balaban J connectivity index is 1.58. The third-order valence-corrected chi connectivity index (χ3v) is 1.95. The van der Waals surface area contributed by atoms with E-state index in [2.05, 4.69) is 0 Å². The Labute approximate surface area is 65.1 Å². The Hall–Kier alpha value is -0.160. The molecule has 0 radical (unpaired) electrons. The van der Waals surface area contributed by atoms with Crippen LogP contribution in [0.25, 0.3) is 0 Å². The van der Waals surface area contributed by atoms with Crippen molar-refractivity contribution in [3.63, 3.8) is 0 Å². The summed E-state index contributed by atoms with van der Waals surface area (Å²) in [4.78, 5) is 0. The first-order chi connectivity index (χ1) is 5.36. The number of aliphatic hydroxyl groups excluding tert-OH is 1. The summed E-state index contributed by atoms with van der Waals surface area (Å²) < 4.78 is 15.2. The standard InChI is InChI=1S/C7H12O4/c8-6-4-11-7(6)10-3-5-1-9-2-5/h5-8H,1-4H2. The lowest BCUT2D eigenvalue weighted by atomic mass is 10.1. The van der Waals surface area contributed by atoms with Crippen LogP contribution in [0.5, 0.6) is 0 Å². The van der Waals surface area contributed by atoms with E-state index in [1.807, 2.05) is 0 Å². The summed E-state index contributed by atoms with van der Waals surface area (Å²) in [6.45, 7) is 2.61. The molecular formula is C7H12O4. The largest absolute Gasteiger partial charge is 0.385 e. The average Bonchev–Trinajstić information content (AvgIpc) is 1.91. The summed E-state index contributed by atoms with van der Waals surface area (Å²) in [7, 11) is 0. The number of rotatable bonds is 3. The van der Waals surface area contributed by atoms with Gasteiger partial charge < -0.3 is 19.3 Å². The highest BCUT2D eigenvalue weighted by atomic mass is 16.7. The third-order valence-electron chi connectivity index (χ3n) is 1.95. The molecule has 0 amide bonds. The zero-order valence-corrected chi connectivity index (χ0v) is 6.23. The molecule has 2 aliphatic heterocycles. The zero-order valence-electron chi connectivity index (χ0n) is 6.23. The van der Waals surface area contributed by atoms with Crippen LogP contribution in [0, 0.1) is 5.92 Å². The van der Waals surface area contributed by atoms with Crippen molar-refractivity contribution in [3.05, 3.63) is 0 Å². The van der Waals surface area contributed by atoms with Gasteiger partial charge in [0.25, 0.3) is 0 Å². The minimum atomic E-state index is -0.420. The Kier molecular flexibility index (Phi) is 2.09.